The van der Waals surface area contributed by atoms with Crippen molar-refractivity contribution in [2.45, 2.75) is 33.1 Å². The predicted octanol–water partition coefficient (Wildman–Crippen LogP) is 2.41. The van der Waals surface area contributed by atoms with E-state index < -0.39 is 0 Å². The molecule has 1 aliphatic carbocycles. The van der Waals surface area contributed by atoms with Crippen molar-refractivity contribution in [3.05, 3.63) is 0 Å². The van der Waals surface area contributed by atoms with Crippen molar-refractivity contribution in [1.29, 1.82) is 0 Å². The molecule has 0 aromatic heterocycles. The van der Waals surface area contributed by atoms with Gasteiger partial charge in [0.2, 0.25) is 5.91 Å². The molecular formula is C11H20ClNO. The second kappa shape index (κ2) is 5.59. The minimum Gasteiger partial charge on any atom is -0.356 e. The molecule has 1 fully saturated rings. The first kappa shape index (κ1) is 11.8. The Hall–Kier alpha value is -0.240. The topological polar surface area (TPSA) is 29.1 Å². The highest BCUT2D eigenvalue weighted by molar-refractivity contribution is 6.17. The average Bonchev–Trinajstić information content (AvgIpc) is 2.89. The fraction of sp³-hybridized carbons (Fsp3) is 0.909. The van der Waals surface area contributed by atoms with Gasteiger partial charge in [0.15, 0.2) is 0 Å². The predicted molar refractivity (Wildman–Crippen MR) is 59.4 cm³/mol. The number of nitrogens with one attached hydrogen (secondary N) is 1. The number of hydrogen-bond acceptors (Lipinski definition) is 1. The summed E-state index contributed by atoms with van der Waals surface area (Å²) in [5.74, 6) is 2.37. The Kier molecular flexibility index (Phi) is 4.73. The first-order valence-corrected chi connectivity index (χ1v) is 6.06. The van der Waals surface area contributed by atoms with E-state index in [4.69, 9.17) is 11.6 Å². The van der Waals surface area contributed by atoms with Crippen LogP contribution in [0, 0.1) is 17.8 Å². The van der Waals surface area contributed by atoms with Gasteiger partial charge in [0.1, 0.15) is 0 Å². The Morgan fingerprint density at radius 1 is 1.64 bits per heavy atom. The molecule has 0 heterocycles. The molecule has 1 saturated carbocycles. The molecule has 3 heteroatoms. The van der Waals surface area contributed by atoms with Crippen LogP contribution < -0.4 is 5.32 Å². The first-order chi connectivity index (χ1) is 6.69. The van der Waals surface area contributed by atoms with Crippen LogP contribution in [0.4, 0.5) is 0 Å². The highest BCUT2D eigenvalue weighted by Crippen LogP contribution is 2.37. The monoisotopic (exact) mass is 217 g/mol. The molecule has 1 amide bonds. The summed E-state index contributed by atoms with van der Waals surface area (Å²) in [7, 11) is 0. The number of rotatable bonds is 6. The van der Waals surface area contributed by atoms with Crippen LogP contribution in [0.1, 0.15) is 33.1 Å². The Balaban J connectivity index is 2.14. The molecule has 1 N–H and O–H groups in total. The lowest BCUT2D eigenvalue weighted by Crippen LogP contribution is -2.30. The molecule has 1 aliphatic rings. The Bertz CT molecular complexity index is 196. The van der Waals surface area contributed by atoms with Gasteiger partial charge in [-0.1, -0.05) is 20.3 Å². The van der Waals surface area contributed by atoms with Gasteiger partial charge in [0.05, 0.1) is 0 Å². The largest absolute Gasteiger partial charge is 0.356 e. The van der Waals surface area contributed by atoms with Crippen molar-refractivity contribution in [2.75, 3.05) is 12.4 Å². The van der Waals surface area contributed by atoms with E-state index in [1.165, 1.54) is 0 Å². The van der Waals surface area contributed by atoms with Gasteiger partial charge in [0.25, 0.3) is 0 Å². The summed E-state index contributed by atoms with van der Waals surface area (Å²) in [6.45, 7) is 5.06. The number of amides is 1. The van der Waals surface area contributed by atoms with Crippen LogP contribution in [-0.2, 0) is 4.79 Å². The lowest BCUT2D eigenvalue weighted by Gasteiger charge is -2.13. The second-order valence-corrected chi connectivity index (χ2v) is 4.69. The number of carbonyl (C=O) groups is 1. The maximum atomic E-state index is 11.5. The van der Waals surface area contributed by atoms with E-state index in [0.717, 1.165) is 25.8 Å². The third-order valence-corrected chi connectivity index (χ3v) is 3.32. The Morgan fingerprint density at radius 3 is 2.71 bits per heavy atom. The highest BCUT2D eigenvalue weighted by atomic mass is 35.5. The van der Waals surface area contributed by atoms with Crippen molar-refractivity contribution < 1.29 is 4.79 Å². The van der Waals surface area contributed by atoms with Crippen LogP contribution in [0.2, 0.25) is 0 Å². The van der Waals surface area contributed by atoms with Crippen LogP contribution in [-0.4, -0.2) is 18.3 Å². The molecule has 0 spiro atoms. The van der Waals surface area contributed by atoms with E-state index in [-0.39, 0.29) is 5.91 Å². The number of halogens is 1. The van der Waals surface area contributed by atoms with Gasteiger partial charge in [-0.05, 0) is 24.7 Å². The lowest BCUT2D eigenvalue weighted by molar-refractivity contribution is -0.122. The smallest absolute Gasteiger partial charge is 0.223 e. The fourth-order valence-corrected chi connectivity index (χ4v) is 1.98. The summed E-state index contributed by atoms with van der Waals surface area (Å²) in [4.78, 5) is 11.5. The molecule has 2 nitrogen and oxygen atoms in total. The Labute approximate surface area is 91.4 Å². The minimum absolute atomic E-state index is 0.241. The van der Waals surface area contributed by atoms with Gasteiger partial charge in [-0.2, -0.15) is 0 Å². The zero-order chi connectivity index (χ0) is 10.6. The summed E-state index contributed by atoms with van der Waals surface area (Å²) in [6.07, 6.45) is 3.16. The van der Waals surface area contributed by atoms with E-state index in [1.807, 2.05) is 0 Å². The molecular weight excluding hydrogens is 198 g/mol. The molecule has 0 aliphatic heterocycles. The maximum Gasteiger partial charge on any atom is 0.223 e. The van der Waals surface area contributed by atoms with Gasteiger partial charge in [0, 0.05) is 18.3 Å². The van der Waals surface area contributed by atoms with E-state index in [9.17, 15) is 4.79 Å². The van der Waals surface area contributed by atoms with Crippen LogP contribution in [0.5, 0.6) is 0 Å². The minimum atomic E-state index is 0.241. The lowest BCUT2D eigenvalue weighted by atomic mass is 10.0. The SMILES string of the molecule is CCC(CCCl)CNC(=O)C1CC1C. The van der Waals surface area contributed by atoms with Crippen LogP contribution >= 0.6 is 11.6 Å². The highest BCUT2D eigenvalue weighted by Gasteiger charge is 2.38. The number of hydrogen-bond donors (Lipinski definition) is 1. The Morgan fingerprint density at radius 2 is 2.29 bits per heavy atom. The van der Waals surface area contributed by atoms with E-state index in [1.54, 1.807) is 0 Å². The zero-order valence-corrected chi connectivity index (χ0v) is 9.81. The number of alkyl halides is 1. The van der Waals surface area contributed by atoms with Crippen molar-refractivity contribution in [1.82, 2.24) is 5.32 Å². The summed E-state index contributed by atoms with van der Waals surface area (Å²) >= 11 is 5.68. The van der Waals surface area contributed by atoms with Crippen molar-refractivity contribution in [3.8, 4) is 0 Å². The van der Waals surface area contributed by atoms with Gasteiger partial charge in [-0.3, -0.25) is 4.79 Å². The summed E-state index contributed by atoms with van der Waals surface area (Å²) in [5.41, 5.74) is 0. The normalized spacial score (nSPS) is 27.1. The maximum absolute atomic E-state index is 11.5. The third-order valence-electron chi connectivity index (χ3n) is 3.11. The van der Waals surface area contributed by atoms with Gasteiger partial charge < -0.3 is 5.32 Å². The number of carbonyl (C=O) groups excluding carboxylic acids is 1. The molecule has 82 valence electrons. The summed E-state index contributed by atoms with van der Waals surface area (Å²) in [5, 5.41) is 3.01. The van der Waals surface area contributed by atoms with Gasteiger partial charge >= 0.3 is 0 Å². The van der Waals surface area contributed by atoms with Gasteiger partial charge in [-0.15, -0.1) is 11.6 Å². The molecule has 0 aromatic rings. The van der Waals surface area contributed by atoms with Crippen molar-refractivity contribution in [2.24, 2.45) is 17.8 Å². The summed E-state index contributed by atoms with van der Waals surface area (Å²) in [6, 6.07) is 0. The molecule has 0 radical (unpaired) electrons. The molecule has 1 rings (SSSR count). The van der Waals surface area contributed by atoms with E-state index in [0.29, 0.717) is 23.6 Å². The van der Waals surface area contributed by atoms with Crippen LogP contribution in [0.15, 0.2) is 0 Å². The summed E-state index contributed by atoms with van der Waals surface area (Å²) < 4.78 is 0. The third kappa shape index (κ3) is 3.49. The van der Waals surface area contributed by atoms with E-state index >= 15 is 0 Å². The standard InChI is InChI=1S/C11H20ClNO/c1-3-9(4-5-12)7-13-11(14)10-6-8(10)2/h8-10H,3-7H2,1-2H3,(H,13,14). The quantitative estimate of drug-likeness (QED) is 0.681. The molecule has 3 atom stereocenters. The van der Waals surface area contributed by atoms with Crippen molar-refractivity contribution in [3.63, 3.8) is 0 Å². The fourth-order valence-electron chi connectivity index (χ4n) is 1.67. The molecule has 14 heavy (non-hydrogen) atoms. The molecule has 3 unspecified atom stereocenters. The van der Waals surface area contributed by atoms with Crippen LogP contribution in [0.25, 0.3) is 0 Å². The van der Waals surface area contributed by atoms with Crippen LogP contribution in [0.3, 0.4) is 0 Å². The average molecular weight is 218 g/mol. The van der Waals surface area contributed by atoms with E-state index in [2.05, 4.69) is 19.2 Å². The zero-order valence-electron chi connectivity index (χ0n) is 9.05. The molecule has 0 saturated heterocycles. The molecule has 0 aromatic carbocycles. The van der Waals surface area contributed by atoms with Gasteiger partial charge in [-0.25, -0.2) is 0 Å². The van der Waals surface area contributed by atoms with Crippen molar-refractivity contribution >= 4 is 17.5 Å². The second-order valence-electron chi connectivity index (χ2n) is 4.32. The first-order valence-electron chi connectivity index (χ1n) is 5.52. The molecule has 0 bridgehead atoms.